The van der Waals surface area contributed by atoms with Crippen LogP contribution in [0.25, 0.3) is 0 Å². The first kappa shape index (κ1) is 16.3. The number of amides is 1. The lowest BCUT2D eigenvalue weighted by Crippen LogP contribution is -2.40. The summed E-state index contributed by atoms with van der Waals surface area (Å²) in [4.78, 5) is 18.9. The number of carbonyl (C=O) groups is 1. The maximum atomic E-state index is 12.9. The minimum Gasteiger partial charge on any atom is -0.387 e. The number of carbonyl (C=O) groups excluding carboxylic acids is 1. The Balaban J connectivity index is 1.83. The van der Waals surface area contributed by atoms with Crippen LogP contribution in [0.15, 0.2) is 42.6 Å². The molecule has 120 valence electrons. The lowest BCUT2D eigenvalue weighted by Gasteiger charge is -2.26. The number of fused-ring (bicyclic) bond motifs is 1. The summed E-state index contributed by atoms with van der Waals surface area (Å²) in [5.41, 5.74) is 1.75. The first-order chi connectivity index (χ1) is 11.1. The van der Waals surface area contributed by atoms with Crippen LogP contribution in [0.1, 0.15) is 17.2 Å². The van der Waals surface area contributed by atoms with Crippen molar-refractivity contribution in [3.63, 3.8) is 0 Å². The summed E-state index contributed by atoms with van der Waals surface area (Å²) in [6, 6.07) is 10.8. The van der Waals surface area contributed by atoms with E-state index in [-0.39, 0.29) is 5.91 Å². The molecule has 2 heterocycles. The molecule has 0 spiro atoms. The summed E-state index contributed by atoms with van der Waals surface area (Å²) >= 11 is 7.23. The minimum atomic E-state index is -0.887. The van der Waals surface area contributed by atoms with Gasteiger partial charge >= 0.3 is 0 Å². The van der Waals surface area contributed by atoms with E-state index in [0.29, 0.717) is 22.9 Å². The van der Waals surface area contributed by atoms with Crippen molar-refractivity contribution in [3.8, 4) is 0 Å². The minimum absolute atomic E-state index is 0.114. The third kappa shape index (κ3) is 3.22. The first-order valence-electron chi connectivity index (χ1n) is 7.33. The summed E-state index contributed by atoms with van der Waals surface area (Å²) in [6.45, 7) is 0.607. The van der Waals surface area contributed by atoms with E-state index in [9.17, 15) is 9.90 Å². The van der Waals surface area contributed by atoms with E-state index in [1.165, 1.54) is 11.8 Å². The Morgan fingerprint density at radius 2 is 2.09 bits per heavy atom. The summed E-state index contributed by atoms with van der Waals surface area (Å²) in [6.07, 6.45) is 3.43. The molecule has 0 bridgehead atoms. The highest BCUT2D eigenvalue weighted by Crippen LogP contribution is 2.32. The average Bonchev–Trinajstić information content (AvgIpc) is 3.00. The second-order valence-electron chi connectivity index (χ2n) is 5.38. The van der Waals surface area contributed by atoms with Gasteiger partial charge in [0.05, 0.1) is 6.10 Å². The van der Waals surface area contributed by atoms with Gasteiger partial charge in [-0.3, -0.25) is 9.69 Å². The molecule has 2 aromatic rings. The highest BCUT2D eigenvalue weighted by Gasteiger charge is 2.35. The van der Waals surface area contributed by atoms with Crippen LogP contribution in [0.2, 0.25) is 5.02 Å². The van der Waals surface area contributed by atoms with Crippen molar-refractivity contribution in [2.75, 3.05) is 17.7 Å². The Kier molecular flexibility index (Phi) is 4.90. The van der Waals surface area contributed by atoms with Crippen LogP contribution in [0.4, 0.5) is 5.82 Å². The maximum absolute atomic E-state index is 12.9. The highest BCUT2D eigenvalue weighted by molar-refractivity contribution is 8.00. The number of nitrogens with zero attached hydrogens (tertiary/aromatic N) is 2. The van der Waals surface area contributed by atoms with Gasteiger partial charge in [0.1, 0.15) is 11.1 Å². The molecule has 1 aromatic carbocycles. The summed E-state index contributed by atoms with van der Waals surface area (Å²) in [5, 5.41) is 10.6. The quantitative estimate of drug-likeness (QED) is 0.922. The Morgan fingerprint density at radius 1 is 1.35 bits per heavy atom. The number of thioether (sulfide) groups is 1. The molecule has 0 radical (unpaired) electrons. The molecule has 2 atom stereocenters. The number of hydrogen-bond acceptors (Lipinski definition) is 4. The number of benzene rings is 1. The molecule has 1 aliphatic rings. The molecule has 1 N–H and O–H groups in total. The fourth-order valence-electron chi connectivity index (χ4n) is 2.77. The van der Waals surface area contributed by atoms with Gasteiger partial charge in [-0.15, -0.1) is 11.8 Å². The van der Waals surface area contributed by atoms with Gasteiger partial charge < -0.3 is 5.11 Å². The molecule has 0 saturated carbocycles. The number of halogens is 1. The lowest BCUT2D eigenvalue weighted by atomic mass is 10.1. The van der Waals surface area contributed by atoms with E-state index in [2.05, 4.69) is 4.98 Å². The van der Waals surface area contributed by atoms with Crippen LogP contribution in [-0.4, -0.2) is 34.0 Å². The highest BCUT2D eigenvalue weighted by atomic mass is 35.5. The number of aliphatic hydroxyl groups is 1. The van der Waals surface area contributed by atoms with E-state index in [0.717, 1.165) is 12.0 Å². The van der Waals surface area contributed by atoms with Crippen LogP contribution < -0.4 is 4.90 Å². The van der Waals surface area contributed by atoms with Crippen molar-refractivity contribution in [1.29, 1.82) is 0 Å². The fraction of sp³-hybridized carbons (Fsp3) is 0.294. The third-order valence-electron chi connectivity index (χ3n) is 3.99. The number of anilines is 1. The van der Waals surface area contributed by atoms with Crippen molar-refractivity contribution in [1.82, 2.24) is 4.98 Å². The Hall–Kier alpha value is -1.56. The molecule has 0 aliphatic carbocycles. The van der Waals surface area contributed by atoms with E-state index < -0.39 is 11.4 Å². The zero-order valence-corrected chi connectivity index (χ0v) is 14.2. The van der Waals surface area contributed by atoms with Gasteiger partial charge in [-0.25, -0.2) is 4.98 Å². The molecule has 4 nitrogen and oxygen atoms in total. The second kappa shape index (κ2) is 6.91. The fourth-order valence-corrected chi connectivity index (χ4v) is 3.64. The zero-order valence-electron chi connectivity index (χ0n) is 12.6. The van der Waals surface area contributed by atoms with Gasteiger partial charge in [0.25, 0.3) is 0 Å². The number of aromatic nitrogens is 1. The van der Waals surface area contributed by atoms with Crippen LogP contribution in [-0.2, 0) is 11.2 Å². The van der Waals surface area contributed by atoms with Gasteiger partial charge in [0.15, 0.2) is 0 Å². The summed E-state index contributed by atoms with van der Waals surface area (Å²) in [5.74, 6) is 0.595. The Labute approximate surface area is 144 Å². The predicted octanol–water partition coefficient (Wildman–Crippen LogP) is 3.09. The largest absolute Gasteiger partial charge is 0.387 e. The van der Waals surface area contributed by atoms with Gasteiger partial charge in [-0.1, -0.05) is 29.8 Å². The molecule has 1 aromatic heterocycles. The van der Waals surface area contributed by atoms with Crippen LogP contribution >= 0.6 is 23.4 Å². The monoisotopic (exact) mass is 348 g/mol. The molecule has 6 heteroatoms. The molecule has 3 rings (SSSR count). The van der Waals surface area contributed by atoms with Crippen LogP contribution in [0, 0.1) is 0 Å². The molecular formula is C17H17ClN2O2S. The third-order valence-corrected chi connectivity index (χ3v) is 5.21. The van der Waals surface area contributed by atoms with E-state index in [4.69, 9.17) is 11.6 Å². The van der Waals surface area contributed by atoms with Crippen molar-refractivity contribution in [2.24, 2.45) is 0 Å². The molecule has 1 amide bonds. The van der Waals surface area contributed by atoms with E-state index >= 15 is 0 Å². The first-order valence-corrected chi connectivity index (χ1v) is 9.00. The zero-order chi connectivity index (χ0) is 16.4. The van der Waals surface area contributed by atoms with Gasteiger partial charge in [-0.2, -0.15) is 0 Å². The lowest BCUT2D eigenvalue weighted by molar-refractivity contribution is -0.119. The van der Waals surface area contributed by atoms with Gasteiger partial charge in [-0.05, 0) is 42.0 Å². The van der Waals surface area contributed by atoms with Crippen molar-refractivity contribution in [2.45, 2.75) is 17.8 Å². The van der Waals surface area contributed by atoms with E-state index in [1.807, 2.05) is 18.4 Å². The van der Waals surface area contributed by atoms with Crippen LogP contribution in [0.5, 0.6) is 0 Å². The SMILES string of the molecule is CS[C@@H](C(=O)N1CCc2cccnc21)[C@H](O)c1ccc(Cl)cc1. The number of aliphatic hydroxyl groups excluding tert-OH is 1. The number of rotatable bonds is 4. The standard InChI is InChI=1S/C17H17ClN2O2S/c1-23-15(14(21)11-4-6-13(18)7-5-11)17(22)20-10-8-12-3-2-9-19-16(12)20/h2-7,9,14-15,21H,8,10H2,1H3/t14-,15-/m1/s1. The molecule has 0 saturated heterocycles. The molecule has 23 heavy (non-hydrogen) atoms. The molecule has 0 fully saturated rings. The Bertz CT molecular complexity index is 708. The normalized spacial score (nSPS) is 16.0. The smallest absolute Gasteiger partial charge is 0.244 e. The van der Waals surface area contributed by atoms with Crippen molar-refractivity contribution >= 4 is 35.1 Å². The molecule has 1 aliphatic heterocycles. The van der Waals surface area contributed by atoms with Crippen molar-refractivity contribution in [3.05, 3.63) is 58.7 Å². The summed E-state index contributed by atoms with van der Waals surface area (Å²) in [7, 11) is 0. The maximum Gasteiger partial charge on any atom is 0.244 e. The van der Waals surface area contributed by atoms with Gasteiger partial charge in [0, 0.05) is 17.8 Å². The van der Waals surface area contributed by atoms with Gasteiger partial charge in [0.2, 0.25) is 5.91 Å². The van der Waals surface area contributed by atoms with Crippen molar-refractivity contribution < 1.29 is 9.90 Å². The number of hydrogen-bond donors (Lipinski definition) is 1. The second-order valence-corrected chi connectivity index (χ2v) is 6.79. The molecule has 0 unspecified atom stereocenters. The topological polar surface area (TPSA) is 53.4 Å². The predicted molar refractivity (Wildman–Crippen MR) is 94.0 cm³/mol. The molecular weight excluding hydrogens is 332 g/mol. The van der Waals surface area contributed by atoms with E-state index in [1.54, 1.807) is 35.4 Å². The van der Waals surface area contributed by atoms with Crippen LogP contribution in [0.3, 0.4) is 0 Å². The number of pyridine rings is 1. The Morgan fingerprint density at radius 3 is 2.78 bits per heavy atom. The average molecular weight is 349 g/mol. The summed E-state index contributed by atoms with van der Waals surface area (Å²) < 4.78 is 0.